The second-order valence-corrected chi connectivity index (χ2v) is 7.16. The Hall–Kier alpha value is -2.68. The van der Waals surface area contributed by atoms with E-state index in [-0.39, 0.29) is 11.0 Å². The summed E-state index contributed by atoms with van der Waals surface area (Å²) in [5.41, 5.74) is 9.44. The fraction of sp³-hybridized carbons (Fsp3) is 0.238. The van der Waals surface area contributed by atoms with Gasteiger partial charge >= 0.3 is 0 Å². The van der Waals surface area contributed by atoms with Crippen LogP contribution >= 0.6 is 0 Å². The fourth-order valence-corrected chi connectivity index (χ4v) is 3.81. The number of hydrogen-bond donors (Lipinski definition) is 2. The third-order valence-electron chi connectivity index (χ3n) is 5.60. The Bertz CT molecular complexity index is 951. The first kappa shape index (κ1) is 14.9. The molecule has 24 heavy (non-hydrogen) atoms. The topological polar surface area (TPSA) is 62.2 Å². The first-order valence-electron chi connectivity index (χ1n) is 8.26. The van der Waals surface area contributed by atoms with Crippen LogP contribution in [0.15, 0.2) is 65.7 Å². The van der Waals surface area contributed by atoms with Crippen molar-refractivity contribution in [2.75, 3.05) is 5.73 Å². The van der Waals surface area contributed by atoms with E-state index in [0.29, 0.717) is 5.71 Å². The highest BCUT2D eigenvalue weighted by Gasteiger charge is 2.63. The number of fused-ring (bicyclic) bond motifs is 1. The molecular formula is C21H21N3. The van der Waals surface area contributed by atoms with Gasteiger partial charge in [0.15, 0.2) is 0 Å². The third-order valence-corrected chi connectivity index (χ3v) is 5.60. The molecule has 0 bridgehead atoms. The van der Waals surface area contributed by atoms with E-state index in [1.54, 1.807) is 6.08 Å². The molecule has 1 saturated carbocycles. The molecule has 3 heteroatoms. The summed E-state index contributed by atoms with van der Waals surface area (Å²) in [6.07, 6.45) is 8.45. The summed E-state index contributed by atoms with van der Waals surface area (Å²) in [4.78, 5) is 4.91. The zero-order chi connectivity index (χ0) is 16.9. The van der Waals surface area contributed by atoms with Crippen LogP contribution in [0.5, 0.6) is 0 Å². The average Bonchev–Trinajstić information content (AvgIpc) is 3.12. The molecule has 2 aromatic rings. The Balaban J connectivity index is 1.77. The number of anilines is 1. The minimum absolute atomic E-state index is 0.0939. The molecule has 2 aliphatic carbocycles. The quantitative estimate of drug-likeness (QED) is 0.625. The van der Waals surface area contributed by atoms with Crippen LogP contribution in [-0.2, 0) is 5.41 Å². The van der Waals surface area contributed by atoms with Crippen molar-refractivity contribution in [2.45, 2.75) is 31.2 Å². The standard InChI is InChI=1S/C21H21N3/c1-20(13-21(20,2)24-18-10-6-5-9-17(18)22)16-12-11-14-7-3-4-8-15(14)19(16)23/h3-12,22H,13,23H2,1-2H3. The Morgan fingerprint density at radius 1 is 1.04 bits per heavy atom. The number of nitrogens with two attached hydrogens (primary N) is 1. The van der Waals surface area contributed by atoms with Crippen molar-refractivity contribution in [2.24, 2.45) is 4.99 Å². The molecule has 2 aromatic carbocycles. The molecule has 0 amide bonds. The Kier molecular flexibility index (Phi) is 3.04. The molecule has 2 aliphatic rings. The van der Waals surface area contributed by atoms with E-state index < -0.39 is 0 Å². The molecule has 0 saturated heterocycles. The first-order valence-corrected chi connectivity index (χ1v) is 8.26. The Morgan fingerprint density at radius 2 is 1.79 bits per heavy atom. The predicted molar refractivity (Wildman–Crippen MR) is 102 cm³/mol. The van der Waals surface area contributed by atoms with Crippen LogP contribution in [0.25, 0.3) is 10.8 Å². The number of benzene rings is 2. The SMILES string of the molecule is CC1(N=C2C=CC=CC2=N)CC1(C)c1ccc2ccccc2c1N. The van der Waals surface area contributed by atoms with Gasteiger partial charge in [-0.05, 0) is 36.4 Å². The molecule has 0 heterocycles. The number of aliphatic imine (C=N–C) groups is 1. The molecule has 4 rings (SSSR count). The highest BCUT2D eigenvalue weighted by Crippen LogP contribution is 2.61. The molecule has 0 aliphatic heterocycles. The van der Waals surface area contributed by atoms with Crippen molar-refractivity contribution in [3.05, 3.63) is 66.3 Å². The lowest BCUT2D eigenvalue weighted by Crippen LogP contribution is -2.21. The summed E-state index contributed by atoms with van der Waals surface area (Å²) in [6.45, 7) is 4.39. The van der Waals surface area contributed by atoms with E-state index in [2.05, 4.69) is 38.1 Å². The highest BCUT2D eigenvalue weighted by atomic mass is 15.0. The maximum atomic E-state index is 8.04. The van der Waals surface area contributed by atoms with Crippen molar-refractivity contribution in [1.29, 1.82) is 5.41 Å². The number of nitrogen functional groups attached to an aromatic ring is 1. The van der Waals surface area contributed by atoms with Crippen molar-refractivity contribution in [1.82, 2.24) is 0 Å². The third kappa shape index (κ3) is 2.04. The summed E-state index contributed by atoms with van der Waals surface area (Å²) in [7, 11) is 0. The molecule has 2 unspecified atom stereocenters. The van der Waals surface area contributed by atoms with Gasteiger partial charge < -0.3 is 5.73 Å². The number of rotatable bonds is 2. The van der Waals surface area contributed by atoms with Crippen molar-refractivity contribution >= 4 is 27.9 Å². The zero-order valence-corrected chi connectivity index (χ0v) is 14.0. The van der Waals surface area contributed by atoms with Gasteiger partial charge in [0.05, 0.1) is 17.0 Å². The Labute approximate surface area is 142 Å². The lowest BCUT2D eigenvalue weighted by molar-refractivity contribution is 0.617. The van der Waals surface area contributed by atoms with E-state index in [1.165, 1.54) is 0 Å². The summed E-state index contributed by atoms with van der Waals surface area (Å²) < 4.78 is 0. The van der Waals surface area contributed by atoms with Crippen LogP contribution < -0.4 is 5.73 Å². The van der Waals surface area contributed by atoms with Gasteiger partial charge in [-0.25, -0.2) is 0 Å². The van der Waals surface area contributed by atoms with Crippen LogP contribution in [-0.4, -0.2) is 17.0 Å². The summed E-state index contributed by atoms with van der Waals surface area (Å²) in [5.74, 6) is 0. The van der Waals surface area contributed by atoms with E-state index in [0.717, 1.165) is 34.2 Å². The minimum Gasteiger partial charge on any atom is -0.398 e. The van der Waals surface area contributed by atoms with Crippen molar-refractivity contribution < 1.29 is 0 Å². The molecule has 1 fully saturated rings. The monoisotopic (exact) mass is 315 g/mol. The van der Waals surface area contributed by atoms with Gasteiger partial charge in [0.2, 0.25) is 0 Å². The van der Waals surface area contributed by atoms with Crippen molar-refractivity contribution in [3.63, 3.8) is 0 Å². The van der Waals surface area contributed by atoms with Gasteiger partial charge in [0.25, 0.3) is 0 Å². The molecule has 0 spiro atoms. The van der Waals surface area contributed by atoms with Gasteiger partial charge in [0.1, 0.15) is 0 Å². The molecule has 120 valence electrons. The van der Waals surface area contributed by atoms with Gasteiger partial charge in [-0.1, -0.05) is 55.5 Å². The van der Waals surface area contributed by atoms with Crippen LogP contribution in [0.1, 0.15) is 25.8 Å². The van der Waals surface area contributed by atoms with Crippen LogP contribution in [0.2, 0.25) is 0 Å². The maximum absolute atomic E-state index is 8.04. The van der Waals surface area contributed by atoms with E-state index in [4.69, 9.17) is 16.1 Å². The minimum atomic E-state index is -0.221. The summed E-state index contributed by atoms with van der Waals surface area (Å²) in [6, 6.07) is 12.5. The molecule has 0 radical (unpaired) electrons. The van der Waals surface area contributed by atoms with Gasteiger partial charge in [-0.3, -0.25) is 10.4 Å². The molecule has 0 aromatic heterocycles. The lowest BCUT2D eigenvalue weighted by Gasteiger charge is -2.20. The Morgan fingerprint density at radius 3 is 2.58 bits per heavy atom. The second-order valence-electron chi connectivity index (χ2n) is 7.16. The first-order chi connectivity index (χ1) is 11.4. The summed E-state index contributed by atoms with van der Waals surface area (Å²) >= 11 is 0. The van der Waals surface area contributed by atoms with Crippen molar-refractivity contribution in [3.8, 4) is 0 Å². The second kappa shape index (κ2) is 4.91. The van der Waals surface area contributed by atoms with E-state index >= 15 is 0 Å². The maximum Gasteiger partial charge on any atom is 0.0830 e. The molecular weight excluding hydrogens is 294 g/mol. The number of nitrogens with zero attached hydrogens (tertiary/aromatic N) is 1. The molecule has 3 N–H and O–H groups in total. The fourth-order valence-electron chi connectivity index (χ4n) is 3.81. The zero-order valence-electron chi connectivity index (χ0n) is 14.0. The van der Waals surface area contributed by atoms with Gasteiger partial charge in [0, 0.05) is 16.5 Å². The lowest BCUT2D eigenvalue weighted by atomic mass is 9.89. The molecule has 2 atom stereocenters. The smallest absolute Gasteiger partial charge is 0.0830 e. The normalized spacial score (nSPS) is 30.2. The number of allylic oxidation sites excluding steroid dienone is 4. The summed E-state index contributed by atoms with van der Waals surface area (Å²) in [5, 5.41) is 10.3. The van der Waals surface area contributed by atoms with Gasteiger partial charge in [-0.15, -0.1) is 0 Å². The van der Waals surface area contributed by atoms with E-state index in [1.807, 2.05) is 30.4 Å². The average molecular weight is 315 g/mol. The highest BCUT2D eigenvalue weighted by molar-refractivity contribution is 6.50. The molecule has 3 nitrogen and oxygen atoms in total. The van der Waals surface area contributed by atoms with Crippen LogP contribution in [0.3, 0.4) is 0 Å². The predicted octanol–water partition coefficient (Wildman–Crippen LogP) is 4.43. The largest absolute Gasteiger partial charge is 0.398 e. The van der Waals surface area contributed by atoms with Crippen LogP contribution in [0.4, 0.5) is 5.69 Å². The van der Waals surface area contributed by atoms with Gasteiger partial charge in [-0.2, -0.15) is 0 Å². The van der Waals surface area contributed by atoms with Crippen LogP contribution in [0, 0.1) is 5.41 Å². The number of hydrogen-bond acceptors (Lipinski definition) is 3. The van der Waals surface area contributed by atoms with E-state index in [9.17, 15) is 0 Å². The number of nitrogens with one attached hydrogen (secondary N) is 1.